The van der Waals surface area contributed by atoms with Gasteiger partial charge in [-0.15, -0.1) is 11.3 Å². The Morgan fingerprint density at radius 2 is 2.03 bits per heavy atom. The van der Waals surface area contributed by atoms with Gasteiger partial charge in [0.1, 0.15) is 11.5 Å². The van der Waals surface area contributed by atoms with Crippen LogP contribution in [0.4, 0.5) is 5.82 Å². The summed E-state index contributed by atoms with van der Waals surface area (Å²) in [5.41, 5.74) is 3.47. The zero-order valence-electron chi connectivity index (χ0n) is 17.8. The van der Waals surface area contributed by atoms with Gasteiger partial charge in [0, 0.05) is 42.8 Å². The van der Waals surface area contributed by atoms with Crippen LogP contribution in [0.2, 0.25) is 0 Å². The van der Waals surface area contributed by atoms with Crippen LogP contribution in [0.15, 0.2) is 17.6 Å². The third kappa shape index (κ3) is 3.47. The average molecular weight is 425 g/mol. The van der Waals surface area contributed by atoms with Crippen molar-refractivity contribution in [1.82, 2.24) is 24.5 Å². The van der Waals surface area contributed by atoms with Crippen LogP contribution in [0.5, 0.6) is 0 Å². The molecule has 158 valence electrons. The molecule has 0 spiro atoms. The maximum Gasteiger partial charge on any atom is 0.273 e. The largest absolute Gasteiger partial charge is 0.356 e. The number of fused-ring (bicyclic) bond motifs is 1. The van der Waals surface area contributed by atoms with Crippen LogP contribution in [0.3, 0.4) is 0 Å². The highest BCUT2D eigenvalue weighted by molar-refractivity contribution is 7.09. The average Bonchev–Trinajstić information content (AvgIpc) is 3.46. The lowest BCUT2D eigenvalue weighted by Crippen LogP contribution is -2.38. The molecule has 0 N–H and O–H groups in total. The predicted octanol–water partition coefficient (Wildman–Crippen LogP) is 4.02. The summed E-state index contributed by atoms with van der Waals surface area (Å²) in [5.74, 6) is 1.78. The number of aromatic nitrogens is 4. The molecule has 2 saturated heterocycles. The minimum absolute atomic E-state index is 0.0111. The van der Waals surface area contributed by atoms with Crippen molar-refractivity contribution in [2.24, 2.45) is 5.92 Å². The van der Waals surface area contributed by atoms with Gasteiger partial charge in [-0.3, -0.25) is 4.79 Å². The van der Waals surface area contributed by atoms with E-state index in [0.717, 1.165) is 66.6 Å². The highest BCUT2D eigenvalue weighted by atomic mass is 32.1. The molecule has 3 aromatic heterocycles. The van der Waals surface area contributed by atoms with Gasteiger partial charge in [-0.2, -0.15) is 5.10 Å². The first kappa shape index (κ1) is 19.5. The molecule has 0 radical (unpaired) electrons. The fraction of sp³-hybridized carbons (Fsp3) is 0.545. The van der Waals surface area contributed by atoms with Gasteiger partial charge < -0.3 is 9.80 Å². The third-order valence-corrected chi connectivity index (χ3v) is 7.06. The van der Waals surface area contributed by atoms with E-state index in [1.807, 2.05) is 21.7 Å². The molecule has 3 aromatic rings. The van der Waals surface area contributed by atoms with Gasteiger partial charge in [0.25, 0.3) is 5.91 Å². The lowest BCUT2D eigenvalue weighted by molar-refractivity contribution is 0.0600. The number of thiazole rings is 1. The van der Waals surface area contributed by atoms with E-state index in [1.165, 1.54) is 17.8 Å². The minimum atomic E-state index is -0.0227. The fourth-order valence-corrected chi connectivity index (χ4v) is 5.31. The van der Waals surface area contributed by atoms with E-state index >= 15 is 0 Å². The Balaban J connectivity index is 1.47. The number of carbonyl (C=O) groups is 1. The molecule has 8 heteroatoms. The van der Waals surface area contributed by atoms with Crippen molar-refractivity contribution in [2.75, 3.05) is 24.5 Å². The van der Waals surface area contributed by atoms with Crippen molar-refractivity contribution in [3.05, 3.63) is 39.6 Å². The second kappa shape index (κ2) is 7.65. The molecular formula is C22H28N6OS. The van der Waals surface area contributed by atoms with E-state index in [-0.39, 0.29) is 11.9 Å². The smallest absolute Gasteiger partial charge is 0.273 e. The van der Waals surface area contributed by atoms with E-state index in [1.54, 1.807) is 0 Å². The normalized spacial score (nSPS) is 22.2. The van der Waals surface area contributed by atoms with E-state index < -0.39 is 0 Å². The van der Waals surface area contributed by atoms with Crippen LogP contribution < -0.4 is 4.90 Å². The summed E-state index contributed by atoms with van der Waals surface area (Å²) in [6, 6.07) is 2.04. The summed E-state index contributed by atoms with van der Waals surface area (Å²) in [6.07, 6.45) is 6.33. The van der Waals surface area contributed by atoms with Crippen molar-refractivity contribution >= 4 is 28.7 Å². The Morgan fingerprint density at radius 1 is 1.17 bits per heavy atom. The van der Waals surface area contributed by atoms with Gasteiger partial charge in [-0.05, 0) is 45.4 Å². The van der Waals surface area contributed by atoms with Crippen LogP contribution in [-0.2, 0) is 0 Å². The lowest BCUT2D eigenvalue weighted by Gasteiger charge is -2.34. The maximum atomic E-state index is 13.1. The second-order valence-electron chi connectivity index (χ2n) is 8.72. The summed E-state index contributed by atoms with van der Waals surface area (Å²) in [5, 5.41) is 7.62. The molecule has 5 rings (SSSR count). The van der Waals surface area contributed by atoms with Crippen molar-refractivity contribution in [3.63, 3.8) is 0 Å². The number of anilines is 1. The van der Waals surface area contributed by atoms with Gasteiger partial charge in [0.05, 0.1) is 16.7 Å². The number of aryl methyl sites for hydroxylation is 2. The molecule has 2 aliphatic rings. The predicted molar refractivity (Wildman–Crippen MR) is 118 cm³/mol. The molecule has 2 aliphatic heterocycles. The Kier molecular flexibility index (Phi) is 4.97. The molecule has 0 bridgehead atoms. The molecule has 2 fully saturated rings. The molecule has 2 atom stereocenters. The van der Waals surface area contributed by atoms with Gasteiger partial charge in [0.15, 0.2) is 5.65 Å². The summed E-state index contributed by atoms with van der Waals surface area (Å²) in [4.78, 5) is 26.8. The van der Waals surface area contributed by atoms with Crippen LogP contribution in [0, 0.1) is 19.8 Å². The van der Waals surface area contributed by atoms with Crippen molar-refractivity contribution < 1.29 is 4.79 Å². The molecule has 0 saturated carbocycles. The minimum Gasteiger partial charge on any atom is -0.356 e. The number of piperidine rings is 1. The van der Waals surface area contributed by atoms with Crippen molar-refractivity contribution in [1.29, 1.82) is 0 Å². The Hall–Kier alpha value is -2.48. The van der Waals surface area contributed by atoms with Gasteiger partial charge in [-0.25, -0.2) is 14.5 Å². The highest BCUT2D eigenvalue weighted by Gasteiger charge is 2.32. The van der Waals surface area contributed by atoms with Crippen LogP contribution in [0.25, 0.3) is 5.65 Å². The third-order valence-electron chi connectivity index (χ3n) is 6.29. The summed E-state index contributed by atoms with van der Waals surface area (Å²) >= 11 is 1.52. The van der Waals surface area contributed by atoms with Crippen LogP contribution >= 0.6 is 11.3 Å². The van der Waals surface area contributed by atoms with Crippen molar-refractivity contribution in [2.45, 2.75) is 52.5 Å². The molecule has 7 nitrogen and oxygen atoms in total. The number of amides is 1. The molecule has 0 unspecified atom stereocenters. The maximum absolute atomic E-state index is 13.1. The van der Waals surface area contributed by atoms with Crippen LogP contribution in [0.1, 0.15) is 65.4 Å². The van der Waals surface area contributed by atoms with Gasteiger partial charge in [-0.1, -0.05) is 6.92 Å². The zero-order chi connectivity index (χ0) is 20.8. The van der Waals surface area contributed by atoms with E-state index in [0.29, 0.717) is 11.6 Å². The number of likely N-dealkylation sites (tertiary alicyclic amines) is 1. The topological polar surface area (TPSA) is 66.6 Å². The molecule has 30 heavy (non-hydrogen) atoms. The number of hydrogen-bond donors (Lipinski definition) is 0. The SMILES string of the molecule is Cc1nc(C(=O)N2CCCC[C@H]2c2cc3nc(N4CC[C@H](C)C4)c(C)cn3n2)cs1. The lowest BCUT2D eigenvalue weighted by atomic mass is 9.99. The van der Waals surface area contributed by atoms with E-state index in [2.05, 4.69) is 36.0 Å². The number of hydrogen-bond acceptors (Lipinski definition) is 6. The standard InChI is InChI=1S/C22H28N6OS/c1-14-7-9-26(11-14)21-15(2)12-28-20(24-21)10-17(25-28)19-6-4-5-8-27(19)22(29)18-13-30-16(3)23-18/h10,12-14,19H,4-9,11H2,1-3H3/t14-,19-/m0/s1. The molecule has 1 amide bonds. The van der Waals surface area contributed by atoms with E-state index in [9.17, 15) is 4.79 Å². The van der Waals surface area contributed by atoms with E-state index in [4.69, 9.17) is 10.1 Å². The number of nitrogens with zero attached hydrogens (tertiary/aromatic N) is 6. The number of carbonyl (C=O) groups excluding carboxylic acids is 1. The monoisotopic (exact) mass is 424 g/mol. The Morgan fingerprint density at radius 3 is 2.77 bits per heavy atom. The summed E-state index contributed by atoms with van der Waals surface area (Å²) in [6.45, 7) is 9.20. The summed E-state index contributed by atoms with van der Waals surface area (Å²) < 4.78 is 1.87. The highest BCUT2D eigenvalue weighted by Crippen LogP contribution is 2.33. The van der Waals surface area contributed by atoms with Crippen LogP contribution in [-0.4, -0.2) is 50.0 Å². The number of rotatable bonds is 3. The van der Waals surface area contributed by atoms with Crippen molar-refractivity contribution in [3.8, 4) is 0 Å². The summed E-state index contributed by atoms with van der Waals surface area (Å²) in [7, 11) is 0. The quantitative estimate of drug-likeness (QED) is 0.635. The molecule has 0 aliphatic carbocycles. The Labute approximate surface area is 180 Å². The Bertz CT molecular complexity index is 1090. The first-order valence-electron chi connectivity index (χ1n) is 10.8. The zero-order valence-corrected chi connectivity index (χ0v) is 18.7. The first-order chi connectivity index (χ1) is 14.5. The fourth-order valence-electron chi connectivity index (χ4n) is 4.72. The first-order valence-corrected chi connectivity index (χ1v) is 11.7. The molecule has 0 aromatic carbocycles. The molecule has 5 heterocycles. The molecular weight excluding hydrogens is 396 g/mol. The van der Waals surface area contributed by atoms with Gasteiger partial charge >= 0.3 is 0 Å². The van der Waals surface area contributed by atoms with Gasteiger partial charge in [0.2, 0.25) is 0 Å². The second-order valence-corrected chi connectivity index (χ2v) is 9.78.